The van der Waals surface area contributed by atoms with Crippen LogP contribution in [-0.2, 0) is 14.8 Å². The zero-order valence-electron chi connectivity index (χ0n) is 17.1. The lowest BCUT2D eigenvalue weighted by Gasteiger charge is -2.32. The maximum absolute atomic E-state index is 13.0. The highest BCUT2D eigenvalue weighted by atomic mass is 32.2. The Labute approximate surface area is 172 Å². The number of carbonyl (C=O) groups is 1. The number of nitrogens with zero attached hydrogens (tertiary/aromatic N) is 1. The summed E-state index contributed by atoms with van der Waals surface area (Å²) in [7, 11) is -2.00. The summed E-state index contributed by atoms with van der Waals surface area (Å²) in [6, 6.07) is 14.1. The Morgan fingerprint density at radius 3 is 2.55 bits per heavy atom. The highest BCUT2D eigenvalue weighted by Gasteiger charge is 2.33. The number of aryl methyl sites for hydroxylation is 1. The standard InChI is InChI=1S/C22H28N2O4S/c1-16-10-12-19(13-11-16)29(26,27)24-14-6-7-18(15-24)22(25)23-17(2)20-8-4-5-9-21(20)28-3/h4-5,8-13,17-18H,6-7,14-15H2,1-3H3,(H,23,25). The van der Waals surface area contributed by atoms with Gasteiger partial charge in [-0.2, -0.15) is 4.31 Å². The van der Waals surface area contributed by atoms with E-state index < -0.39 is 10.0 Å². The van der Waals surface area contributed by atoms with E-state index in [1.54, 1.807) is 31.4 Å². The Balaban J connectivity index is 1.70. The molecule has 2 aromatic carbocycles. The summed E-state index contributed by atoms with van der Waals surface area (Å²) in [5.41, 5.74) is 1.90. The van der Waals surface area contributed by atoms with Crippen LogP contribution in [0.5, 0.6) is 5.75 Å². The molecule has 2 unspecified atom stereocenters. The molecule has 156 valence electrons. The molecule has 29 heavy (non-hydrogen) atoms. The Bertz CT molecular complexity index is 957. The molecule has 0 radical (unpaired) electrons. The van der Waals surface area contributed by atoms with Gasteiger partial charge >= 0.3 is 0 Å². The first-order valence-corrected chi connectivity index (χ1v) is 11.3. The molecule has 1 heterocycles. The molecular weight excluding hydrogens is 388 g/mol. The Morgan fingerprint density at radius 2 is 1.86 bits per heavy atom. The average molecular weight is 417 g/mol. The molecule has 1 aliphatic heterocycles. The molecular formula is C22H28N2O4S. The van der Waals surface area contributed by atoms with Gasteiger partial charge < -0.3 is 10.1 Å². The number of rotatable bonds is 6. The minimum absolute atomic E-state index is 0.132. The molecule has 1 aliphatic rings. The predicted octanol–water partition coefficient (Wildman–Crippen LogP) is 3.28. The summed E-state index contributed by atoms with van der Waals surface area (Å²) in [5, 5.41) is 3.02. The van der Waals surface area contributed by atoms with Crippen molar-refractivity contribution in [1.82, 2.24) is 9.62 Å². The van der Waals surface area contributed by atoms with Crippen molar-refractivity contribution < 1.29 is 17.9 Å². The van der Waals surface area contributed by atoms with Gasteiger partial charge in [0.25, 0.3) is 0 Å². The molecule has 0 spiro atoms. The molecule has 3 rings (SSSR count). The average Bonchev–Trinajstić information content (AvgIpc) is 2.74. The van der Waals surface area contributed by atoms with Crippen LogP contribution < -0.4 is 10.1 Å². The van der Waals surface area contributed by atoms with Gasteiger partial charge in [-0.25, -0.2) is 8.42 Å². The SMILES string of the molecule is COc1ccccc1C(C)NC(=O)C1CCCN(S(=O)(=O)c2ccc(C)cc2)C1. The number of benzene rings is 2. The summed E-state index contributed by atoms with van der Waals surface area (Å²) in [6.45, 7) is 4.45. The largest absolute Gasteiger partial charge is 0.496 e. The molecule has 6 nitrogen and oxygen atoms in total. The van der Waals surface area contributed by atoms with Crippen molar-refractivity contribution >= 4 is 15.9 Å². The maximum atomic E-state index is 13.0. The number of amides is 1. The van der Waals surface area contributed by atoms with E-state index in [0.717, 1.165) is 11.1 Å². The van der Waals surface area contributed by atoms with Crippen LogP contribution in [0.3, 0.4) is 0 Å². The molecule has 2 aromatic rings. The molecule has 0 saturated carbocycles. The van der Waals surface area contributed by atoms with Crippen LogP contribution in [0.2, 0.25) is 0 Å². The Kier molecular flexibility index (Phi) is 6.59. The van der Waals surface area contributed by atoms with Gasteiger partial charge in [0, 0.05) is 18.7 Å². The summed E-state index contributed by atoms with van der Waals surface area (Å²) in [5.74, 6) is 0.209. The van der Waals surface area contributed by atoms with Gasteiger partial charge in [-0.1, -0.05) is 35.9 Å². The van der Waals surface area contributed by atoms with Gasteiger partial charge in [0.05, 0.1) is 24.0 Å². The van der Waals surface area contributed by atoms with E-state index in [1.165, 1.54) is 4.31 Å². The second kappa shape index (κ2) is 8.97. The minimum atomic E-state index is -3.60. The fraction of sp³-hybridized carbons (Fsp3) is 0.409. The third kappa shape index (κ3) is 4.79. The zero-order valence-corrected chi connectivity index (χ0v) is 17.9. The van der Waals surface area contributed by atoms with Gasteiger partial charge in [0.1, 0.15) is 5.75 Å². The van der Waals surface area contributed by atoms with Crippen molar-refractivity contribution in [1.29, 1.82) is 0 Å². The van der Waals surface area contributed by atoms with Crippen molar-refractivity contribution in [3.63, 3.8) is 0 Å². The molecule has 1 fully saturated rings. The summed E-state index contributed by atoms with van der Waals surface area (Å²) < 4.78 is 32.7. The van der Waals surface area contributed by atoms with E-state index >= 15 is 0 Å². The van der Waals surface area contributed by atoms with E-state index in [9.17, 15) is 13.2 Å². The predicted molar refractivity (Wildman–Crippen MR) is 112 cm³/mol. The highest BCUT2D eigenvalue weighted by molar-refractivity contribution is 7.89. The van der Waals surface area contributed by atoms with Crippen LogP contribution in [0.25, 0.3) is 0 Å². The van der Waals surface area contributed by atoms with Crippen LogP contribution in [-0.4, -0.2) is 38.8 Å². The van der Waals surface area contributed by atoms with Gasteiger partial charge in [-0.3, -0.25) is 4.79 Å². The monoisotopic (exact) mass is 416 g/mol. The highest BCUT2D eigenvalue weighted by Crippen LogP contribution is 2.27. The third-order valence-electron chi connectivity index (χ3n) is 5.38. The van der Waals surface area contributed by atoms with Crippen LogP contribution >= 0.6 is 0 Å². The number of carbonyl (C=O) groups excluding carboxylic acids is 1. The molecule has 7 heteroatoms. The first kappa shape index (κ1) is 21.3. The van der Waals surface area contributed by atoms with Gasteiger partial charge in [-0.15, -0.1) is 0 Å². The number of hydrogen-bond acceptors (Lipinski definition) is 4. The van der Waals surface area contributed by atoms with Crippen molar-refractivity contribution in [2.75, 3.05) is 20.2 Å². The van der Waals surface area contributed by atoms with Crippen molar-refractivity contribution in [2.24, 2.45) is 5.92 Å². The number of hydrogen-bond donors (Lipinski definition) is 1. The molecule has 1 amide bonds. The van der Waals surface area contributed by atoms with Crippen LogP contribution in [0, 0.1) is 12.8 Å². The fourth-order valence-corrected chi connectivity index (χ4v) is 5.19. The lowest BCUT2D eigenvalue weighted by Crippen LogP contribution is -2.45. The summed E-state index contributed by atoms with van der Waals surface area (Å²) in [6.07, 6.45) is 1.33. The first-order chi connectivity index (χ1) is 13.8. The fourth-order valence-electron chi connectivity index (χ4n) is 3.67. The van der Waals surface area contributed by atoms with E-state index in [2.05, 4.69) is 5.32 Å². The number of methoxy groups -OCH3 is 1. The lowest BCUT2D eigenvalue weighted by atomic mass is 9.97. The van der Waals surface area contributed by atoms with Gasteiger partial charge in [-0.05, 0) is 44.9 Å². The van der Waals surface area contributed by atoms with Crippen LogP contribution in [0.4, 0.5) is 0 Å². The normalized spacial score (nSPS) is 18.8. The Morgan fingerprint density at radius 1 is 1.17 bits per heavy atom. The zero-order chi connectivity index (χ0) is 21.0. The van der Waals surface area contributed by atoms with Crippen LogP contribution in [0.1, 0.15) is 36.9 Å². The number of para-hydroxylation sites is 1. The maximum Gasteiger partial charge on any atom is 0.243 e. The van der Waals surface area contributed by atoms with Crippen LogP contribution in [0.15, 0.2) is 53.4 Å². The number of sulfonamides is 1. The topological polar surface area (TPSA) is 75.7 Å². The van der Waals surface area contributed by atoms with E-state index in [4.69, 9.17) is 4.74 Å². The molecule has 0 aliphatic carbocycles. The first-order valence-electron chi connectivity index (χ1n) is 9.83. The van der Waals surface area contributed by atoms with E-state index in [1.807, 2.05) is 38.1 Å². The minimum Gasteiger partial charge on any atom is -0.496 e. The molecule has 0 bridgehead atoms. The second-order valence-electron chi connectivity index (χ2n) is 7.49. The number of ether oxygens (including phenoxy) is 1. The summed E-state index contributed by atoms with van der Waals surface area (Å²) >= 11 is 0. The molecule has 1 saturated heterocycles. The van der Waals surface area contributed by atoms with Crippen molar-refractivity contribution in [3.8, 4) is 5.75 Å². The van der Waals surface area contributed by atoms with Crippen molar-refractivity contribution in [3.05, 3.63) is 59.7 Å². The van der Waals surface area contributed by atoms with E-state index in [0.29, 0.717) is 25.1 Å². The Hall–Kier alpha value is -2.38. The molecule has 1 N–H and O–H groups in total. The summed E-state index contributed by atoms with van der Waals surface area (Å²) in [4.78, 5) is 13.1. The van der Waals surface area contributed by atoms with Gasteiger partial charge in [0.2, 0.25) is 15.9 Å². The molecule has 0 aromatic heterocycles. The van der Waals surface area contributed by atoms with E-state index in [-0.39, 0.29) is 29.3 Å². The van der Waals surface area contributed by atoms with Crippen molar-refractivity contribution in [2.45, 2.75) is 37.6 Å². The molecule has 2 atom stereocenters. The second-order valence-corrected chi connectivity index (χ2v) is 9.43. The number of nitrogens with one attached hydrogen (secondary N) is 1. The lowest BCUT2D eigenvalue weighted by molar-refractivity contribution is -0.126. The number of piperidine rings is 1. The quantitative estimate of drug-likeness (QED) is 0.784. The third-order valence-corrected chi connectivity index (χ3v) is 7.26. The smallest absolute Gasteiger partial charge is 0.243 e. The van der Waals surface area contributed by atoms with Gasteiger partial charge in [0.15, 0.2) is 0 Å².